The molecule has 0 bridgehead atoms. The Labute approximate surface area is 151 Å². The molecular formula is C18H23N3O5. The van der Waals surface area contributed by atoms with Gasteiger partial charge in [-0.1, -0.05) is 18.2 Å². The summed E-state index contributed by atoms with van der Waals surface area (Å²) in [5, 5.41) is 25.4. The molecule has 2 heterocycles. The predicted molar refractivity (Wildman–Crippen MR) is 93.0 cm³/mol. The van der Waals surface area contributed by atoms with Crippen LogP contribution < -0.4 is 10.6 Å². The molecule has 0 saturated carbocycles. The number of amides is 3. The number of aliphatic hydroxyl groups is 2. The van der Waals surface area contributed by atoms with Crippen LogP contribution >= 0.6 is 0 Å². The largest absolute Gasteiger partial charge is 0.380 e. The number of rotatable bonds is 4. The summed E-state index contributed by atoms with van der Waals surface area (Å²) < 4.78 is 0. The molecule has 3 amide bonds. The first kappa shape index (κ1) is 18.3. The number of nitrogens with one attached hydrogen (secondary N) is 2. The SMILES string of the molecule is O=C(Nc1ccccc1)[C@H](O)[C@@H](O)C(=O)N1CCC2(CCNC2=O)CC1. The van der Waals surface area contributed by atoms with Gasteiger partial charge in [0.05, 0.1) is 5.41 Å². The average molecular weight is 361 g/mol. The number of carbonyl (C=O) groups excluding carboxylic acids is 3. The lowest BCUT2D eigenvalue weighted by Crippen LogP contribution is -2.53. The smallest absolute Gasteiger partial charge is 0.256 e. The number of carbonyl (C=O) groups is 3. The van der Waals surface area contributed by atoms with Gasteiger partial charge in [0.2, 0.25) is 5.91 Å². The van der Waals surface area contributed by atoms with E-state index in [0.29, 0.717) is 38.2 Å². The Balaban J connectivity index is 1.55. The number of hydrogen-bond donors (Lipinski definition) is 4. The average Bonchev–Trinajstić information content (AvgIpc) is 3.01. The zero-order valence-electron chi connectivity index (χ0n) is 14.4. The highest BCUT2D eigenvalue weighted by molar-refractivity contribution is 5.98. The Morgan fingerprint density at radius 2 is 1.73 bits per heavy atom. The van der Waals surface area contributed by atoms with Crippen LogP contribution in [0.15, 0.2) is 30.3 Å². The topological polar surface area (TPSA) is 119 Å². The highest BCUT2D eigenvalue weighted by Crippen LogP contribution is 2.38. The normalized spacial score (nSPS) is 21.2. The number of nitrogens with zero attached hydrogens (tertiary/aromatic N) is 1. The van der Waals surface area contributed by atoms with Crippen LogP contribution in [0.4, 0.5) is 5.69 Å². The van der Waals surface area contributed by atoms with Crippen molar-refractivity contribution in [1.29, 1.82) is 0 Å². The van der Waals surface area contributed by atoms with Gasteiger partial charge in [-0.05, 0) is 31.4 Å². The van der Waals surface area contributed by atoms with Crippen LogP contribution in [0.3, 0.4) is 0 Å². The maximum atomic E-state index is 12.4. The molecule has 26 heavy (non-hydrogen) atoms. The summed E-state index contributed by atoms with van der Waals surface area (Å²) in [6, 6.07) is 8.47. The van der Waals surface area contributed by atoms with Gasteiger partial charge in [0.1, 0.15) is 0 Å². The van der Waals surface area contributed by atoms with E-state index < -0.39 is 29.4 Å². The van der Waals surface area contributed by atoms with Gasteiger partial charge < -0.3 is 25.7 Å². The molecule has 2 aliphatic heterocycles. The van der Waals surface area contributed by atoms with Gasteiger partial charge in [-0.3, -0.25) is 14.4 Å². The first-order valence-corrected chi connectivity index (χ1v) is 8.72. The van der Waals surface area contributed by atoms with Crippen LogP contribution in [-0.4, -0.2) is 64.7 Å². The second-order valence-electron chi connectivity index (χ2n) is 6.86. The number of aliphatic hydroxyl groups excluding tert-OH is 2. The van der Waals surface area contributed by atoms with Crippen LogP contribution in [0.1, 0.15) is 19.3 Å². The van der Waals surface area contributed by atoms with E-state index in [1.165, 1.54) is 4.90 Å². The third kappa shape index (κ3) is 3.56. The highest BCUT2D eigenvalue weighted by atomic mass is 16.3. The second-order valence-corrected chi connectivity index (χ2v) is 6.86. The third-order valence-electron chi connectivity index (χ3n) is 5.27. The van der Waals surface area contributed by atoms with Crippen LogP contribution in [0.25, 0.3) is 0 Å². The van der Waals surface area contributed by atoms with Crippen molar-refractivity contribution in [2.45, 2.75) is 31.5 Å². The lowest BCUT2D eigenvalue weighted by atomic mass is 9.77. The number of benzene rings is 1. The Bertz CT molecular complexity index is 685. The van der Waals surface area contributed by atoms with E-state index in [1.807, 2.05) is 0 Å². The molecule has 0 aromatic heterocycles. The van der Waals surface area contributed by atoms with E-state index in [9.17, 15) is 24.6 Å². The van der Waals surface area contributed by atoms with E-state index in [1.54, 1.807) is 30.3 Å². The Kier molecular flexibility index (Phi) is 5.24. The fraction of sp³-hybridized carbons (Fsp3) is 0.500. The lowest BCUT2D eigenvalue weighted by Gasteiger charge is -2.38. The molecule has 1 spiro atoms. The predicted octanol–water partition coefficient (Wildman–Crippen LogP) is -0.524. The number of hydrogen-bond acceptors (Lipinski definition) is 5. The second kappa shape index (κ2) is 7.43. The molecule has 3 rings (SSSR count). The van der Waals surface area contributed by atoms with E-state index >= 15 is 0 Å². The Hall–Kier alpha value is -2.45. The third-order valence-corrected chi connectivity index (χ3v) is 5.27. The van der Waals surface area contributed by atoms with Gasteiger partial charge in [-0.25, -0.2) is 0 Å². The van der Waals surface area contributed by atoms with Crippen LogP contribution in [0.2, 0.25) is 0 Å². The monoisotopic (exact) mass is 361 g/mol. The van der Waals surface area contributed by atoms with Gasteiger partial charge >= 0.3 is 0 Å². The zero-order valence-corrected chi connectivity index (χ0v) is 14.4. The van der Waals surface area contributed by atoms with Crippen LogP contribution in [-0.2, 0) is 14.4 Å². The Morgan fingerprint density at radius 1 is 1.08 bits per heavy atom. The Morgan fingerprint density at radius 3 is 2.31 bits per heavy atom. The molecular weight excluding hydrogens is 338 g/mol. The highest BCUT2D eigenvalue weighted by Gasteiger charge is 2.46. The van der Waals surface area contributed by atoms with E-state index in [2.05, 4.69) is 10.6 Å². The van der Waals surface area contributed by atoms with Crippen molar-refractivity contribution >= 4 is 23.4 Å². The van der Waals surface area contributed by atoms with Gasteiger partial charge in [0.15, 0.2) is 12.2 Å². The van der Waals surface area contributed by atoms with Gasteiger partial charge in [-0.2, -0.15) is 0 Å². The van der Waals surface area contributed by atoms with Gasteiger partial charge in [0.25, 0.3) is 11.8 Å². The molecule has 8 nitrogen and oxygen atoms in total. The summed E-state index contributed by atoms with van der Waals surface area (Å²) in [5.74, 6) is -1.53. The van der Waals surface area contributed by atoms with Gasteiger partial charge in [-0.15, -0.1) is 0 Å². The number of likely N-dealkylation sites (tertiary alicyclic amines) is 1. The molecule has 8 heteroatoms. The van der Waals surface area contributed by atoms with Crippen molar-refractivity contribution in [2.24, 2.45) is 5.41 Å². The summed E-state index contributed by atoms with van der Waals surface area (Å²) in [6.45, 7) is 1.28. The zero-order chi connectivity index (χ0) is 18.7. The fourth-order valence-electron chi connectivity index (χ4n) is 3.55. The van der Waals surface area contributed by atoms with Crippen LogP contribution in [0, 0.1) is 5.41 Å². The van der Waals surface area contributed by atoms with Crippen molar-refractivity contribution in [2.75, 3.05) is 25.0 Å². The van der Waals surface area contributed by atoms with E-state index in [4.69, 9.17) is 0 Å². The van der Waals surface area contributed by atoms with Crippen molar-refractivity contribution in [3.63, 3.8) is 0 Å². The number of anilines is 1. The molecule has 4 N–H and O–H groups in total. The molecule has 0 unspecified atom stereocenters. The molecule has 140 valence electrons. The number of piperidine rings is 1. The van der Waals surface area contributed by atoms with Crippen molar-refractivity contribution in [3.8, 4) is 0 Å². The maximum Gasteiger partial charge on any atom is 0.256 e. The molecule has 1 aromatic carbocycles. The quantitative estimate of drug-likeness (QED) is 0.575. The van der Waals surface area contributed by atoms with Crippen molar-refractivity contribution < 1.29 is 24.6 Å². The minimum Gasteiger partial charge on any atom is -0.380 e. The maximum absolute atomic E-state index is 12.4. The fourth-order valence-corrected chi connectivity index (χ4v) is 3.55. The number of para-hydroxylation sites is 1. The molecule has 0 aliphatic carbocycles. The standard InChI is InChI=1S/C18H23N3O5/c22-13(15(24)20-12-4-2-1-3-5-12)14(23)16(25)21-10-7-18(8-11-21)6-9-19-17(18)26/h1-5,13-14,22-23H,6-11H2,(H,19,26)(H,20,24)/t13-,14-/m1/s1. The summed E-state index contributed by atoms with van der Waals surface area (Å²) in [7, 11) is 0. The molecule has 2 aliphatic rings. The van der Waals surface area contributed by atoms with E-state index in [-0.39, 0.29) is 5.91 Å². The van der Waals surface area contributed by atoms with Crippen LogP contribution in [0.5, 0.6) is 0 Å². The summed E-state index contributed by atoms with van der Waals surface area (Å²) >= 11 is 0. The van der Waals surface area contributed by atoms with E-state index in [0.717, 1.165) is 6.42 Å². The summed E-state index contributed by atoms with van der Waals surface area (Å²) in [5.41, 5.74) is 0.0359. The summed E-state index contributed by atoms with van der Waals surface area (Å²) in [4.78, 5) is 37.8. The van der Waals surface area contributed by atoms with Gasteiger partial charge in [0, 0.05) is 25.3 Å². The summed E-state index contributed by atoms with van der Waals surface area (Å²) in [6.07, 6.45) is -1.93. The first-order valence-electron chi connectivity index (χ1n) is 8.72. The molecule has 2 fully saturated rings. The van der Waals surface area contributed by atoms with Crippen molar-refractivity contribution in [3.05, 3.63) is 30.3 Å². The molecule has 1 aromatic rings. The molecule has 2 saturated heterocycles. The minimum atomic E-state index is -1.87. The molecule has 2 atom stereocenters. The minimum absolute atomic E-state index is 0.0208. The molecule has 0 radical (unpaired) electrons. The first-order chi connectivity index (χ1) is 12.4. The lowest BCUT2D eigenvalue weighted by molar-refractivity contribution is -0.154. The van der Waals surface area contributed by atoms with Crippen molar-refractivity contribution in [1.82, 2.24) is 10.2 Å².